The number of hydrogen-bond acceptors (Lipinski definition) is 4. The smallest absolute Gasteiger partial charge is 0.490 e. The Morgan fingerprint density at radius 2 is 1.84 bits per heavy atom. The molecule has 4 rings (SSSR count). The number of aromatic amines is 1. The molecule has 2 N–H and O–H groups in total. The molecule has 0 unspecified atom stereocenters. The predicted octanol–water partition coefficient (Wildman–Crippen LogP) is 3.00. The van der Waals surface area contributed by atoms with Gasteiger partial charge in [0.05, 0.1) is 18.7 Å². The van der Waals surface area contributed by atoms with Gasteiger partial charge in [-0.25, -0.2) is 9.18 Å². The number of amides is 1. The largest absolute Gasteiger partial charge is 0.496 e. The number of hydrogen-bond donors (Lipinski definition) is 2. The molecule has 1 amide bonds. The number of aromatic nitrogens is 2. The number of methoxy groups -OCH3 is 1. The number of nitrogens with zero attached hydrogens (tertiary/aromatic N) is 2. The number of rotatable bonds is 3. The summed E-state index contributed by atoms with van der Waals surface area (Å²) in [6.07, 6.45) is -4.21. The molecule has 1 aliphatic carbocycles. The first-order chi connectivity index (χ1) is 14.6. The van der Waals surface area contributed by atoms with E-state index in [2.05, 4.69) is 10.2 Å². The van der Waals surface area contributed by atoms with E-state index >= 15 is 0 Å². The Labute approximate surface area is 175 Å². The summed E-state index contributed by atoms with van der Waals surface area (Å²) in [4.78, 5) is 23.0. The lowest BCUT2D eigenvalue weighted by molar-refractivity contribution is -0.192. The molecule has 168 valence electrons. The average molecular weight is 443 g/mol. The number of carboxylic acid groups (broad SMARTS) is 1. The average Bonchev–Trinajstić information content (AvgIpc) is 3.39. The summed E-state index contributed by atoms with van der Waals surface area (Å²) < 4.78 is 50.4. The van der Waals surface area contributed by atoms with E-state index in [0.717, 1.165) is 28.3 Å². The molecule has 0 radical (unpaired) electrons. The Morgan fingerprint density at radius 1 is 1.23 bits per heavy atom. The number of nitrogens with one attached hydrogen (secondary N) is 1. The van der Waals surface area contributed by atoms with Crippen molar-refractivity contribution in [2.24, 2.45) is 5.92 Å². The highest BCUT2D eigenvalue weighted by atomic mass is 19.4. The lowest BCUT2D eigenvalue weighted by atomic mass is 10.0. The molecule has 2 aliphatic rings. The molecule has 0 spiro atoms. The fourth-order valence-corrected chi connectivity index (χ4v) is 3.42. The van der Waals surface area contributed by atoms with Crippen LogP contribution in [0, 0.1) is 5.92 Å². The van der Waals surface area contributed by atoms with Crippen molar-refractivity contribution in [2.45, 2.75) is 31.6 Å². The van der Waals surface area contributed by atoms with Crippen LogP contribution in [0.5, 0.6) is 5.75 Å². The summed E-state index contributed by atoms with van der Waals surface area (Å²) in [6, 6.07) is 7.79. The number of benzene rings is 1. The Morgan fingerprint density at radius 3 is 2.42 bits per heavy atom. The predicted molar refractivity (Wildman–Crippen MR) is 101 cm³/mol. The normalized spacial score (nSPS) is 20.1. The molecule has 1 aromatic carbocycles. The van der Waals surface area contributed by atoms with E-state index in [4.69, 9.17) is 14.6 Å². The number of ether oxygens (including phenoxy) is 1. The van der Waals surface area contributed by atoms with Crippen LogP contribution in [0.15, 0.2) is 24.3 Å². The zero-order valence-electron chi connectivity index (χ0n) is 16.6. The number of para-hydroxylation sites is 1. The fraction of sp³-hybridized carbons (Fsp3) is 0.450. The highest BCUT2D eigenvalue weighted by Crippen LogP contribution is 2.37. The summed E-state index contributed by atoms with van der Waals surface area (Å²) in [6.45, 7) is 1.22. The van der Waals surface area contributed by atoms with Crippen LogP contribution in [-0.4, -0.2) is 64.6 Å². The Bertz CT molecular complexity index is 960. The molecule has 2 heterocycles. The molecule has 7 nitrogen and oxygen atoms in total. The molecule has 11 heteroatoms. The highest BCUT2D eigenvalue weighted by Gasteiger charge is 2.45. The highest BCUT2D eigenvalue weighted by molar-refractivity contribution is 5.82. The lowest BCUT2D eigenvalue weighted by Crippen LogP contribution is -2.35. The van der Waals surface area contributed by atoms with Crippen molar-refractivity contribution in [1.82, 2.24) is 15.1 Å². The van der Waals surface area contributed by atoms with Crippen molar-refractivity contribution < 1.29 is 37.0 Å². The molecule has 1 saturated carbocycles. The van der Waals surface area contributed by atoms with Gasteiger partial charge in [0.2, 0.25) is 5.91 Å². The van der Waals surface area contributed by atoms with Crippen molar-refractivity contribution in [1.29, 1.82) is 0 Å². The standard InChI is InChI=1S/C18H20FN3O2.C2HF3O2/c1-24-16-5-3-2-4-12(16)17-11-6-8-22(9-7-15(11)20-21-17)18(23)13-10-14(13)19;3-2(4,5)1(6)7/h2-5,13-14H,6-10H2,1H3,(H,20,21);(H,6,7)/t13-,14-;/m1./s1. The minimum absolute atomic E-state index is 0.0422. The van der Waals surface area contributed by atoms with Gasteiger partial charge >= 0.3 is 12.1 Å². The van der Waals surface area contributed by atoms with Crippen molar-refractivity contribution in [2.75, 3.05) is 20.2 Å². The molecule has 31 heavy (non-hydrogen) atoms. The third kappa shape index (κ3) is 5.15. The minimum atomic E-state index is -5.08. The van der Waals surface area contributed by atoms with E-state index in [1.807, 2.05) is 24.3 Å². The zero-order chi connectivity index (χ0) is 22.8. The Kier molecular flexibility index (Phi) is 6.51. The fourth-order valence-electron chi connectivity index (χ4n) is 3.42. The summed E-state index contributed by atoms with van der Waals surface area (Å²) in [5.74, 6) is -2.43. The van der Waals surface area contributed by atoms with Gasteiger partial charge < -0.3 is 14.7 Å². The van der Waals surface area contributed by atoms with Crippen LogP contribution in [0.25, 0.3) is 11.3 Å². The van der Waals surface area contributed by atoms with E-state index in [0.29, 0.717) is 32.4 Å². The van der Waals surface area contributed by atoms with Crippen LogP contribution >= 0.6 is 0 Å². The van der Waals surface area contributed by atoms with Gasteiger partial charge in [0.25, 0.3) is 0 Å². The first-order valence-corrected chi connectivity index (χ1v) is 9.56. The van der Waals surface area contributed by atoms with Gasteiger partial charge in [-0.05, 0) is 25.0 Å². The van der Waals surface area contributed by atoms with Gasteiger partial charge in [0.15, 0.2) is 0 Å². The van der Waals surface area contributed by atoms with Gasteiger partial charge in [0, 0.05) is 36.3 Å². The second-order valence-electron chi connectivity index (χ2n) is 7.22. The quantitative estimate of drug-likeness (QED) is 0.712. The number of aliphatic carboxylic acids is 1. The third-order valence-electron chi connectivity index (χ3n) is 5.16. The summed E-state index contributed by atoms with van der Waals surface area (Å²) >= 11 is 0. The van der Waals surface area contributed by atoms with Gasteiger partial charge in [0.1, 0.15) is 11.9 Å². The number of H-pyrrole nitrogens is 1. The first-order valence-electron chi connectivity index (χ1n) is 9.56. The molecule has 2 aromatic rings. The van der Waals surface area contributed by atoms with E-state index in [-0.39, 0.29) is 5.91 Å². The lowest BCUT2D eigenvalue weighted by Gasteiger charge is -2.20. The SMILES string of the molecule is COc1ccccc1-c1n[nH]c2c1CCN(C(=O)[C@@H]1C[C@H]1F)CC2.O=C(O)C(F)(F)F. The van der Waals surface area contributed by atoms with Crippen molar-refractivity contribution in [3.8, 4) is 17.0 Å². The Balaban J connectivity index is 0.000000339. The third-order valence-corrected chi connectivity index (χ3v) is 5.16. The van der Waals surface area contributed by atoms with Gasteiger partial charge in [-0.3, -0.25) is 9.89 Å². The number of carbonyl (C=O) groups is 2. The van der Waals surface area contributed by atoms with E-state index in [9.17, 15) is 22.4 Å². The maximum atomic E-state index is 13.2. The van der Waals surface area contributed by atoms with Crippen LogP contribution in [0.4, 0.5) is 17.6 Å². The molecular formula is C20H21F4N3O4. The van der Waals surface area contributed by atoms with Crippen LogP contribution in [0.1, 0.15) is 17.7 Å². The van der Waals surface area contributed by atoms with Crippen LogP contribution in [-0.2, 0) is 22.4 Å². The van der Waals surface area contributed by atoms with Crippen molar-refractivity contribution in [3.05, 3.63) is 35.5 Å². The molecule has 2 atom stereocenters. The Hall–Kier alpha value is -3.11. The maximum Gasteiger partial charge on any atom is 0.490 e. The number of carbonyl (C=O) groups excluding carboxylic acids is 1. The second kappa shape index (κ2) is 8.94. The summed E-state index contributed by atoms with van der Waals surface area (Å²) in [7, 11) is 1.65. The van der Waals surface area contributed by atoms with E-state index in [1.165, 1.54) is 0 Å². The van der Waals surface area contributed by atoms with Crippen molar-refractivity contribution >= 4 is 11.9 Å². The zero-order valence-corrected chi connectivity index (χ0v) is 16.6. The summed E-state index contributed by atoms with van der Waals surface area (Å²) in [5, 5.41) is 14.7. The molecule has 0 bridgehead atoms. The number of alkyl halides is 4. The van der Waals surface area contributed by atoms with Gasteiger partial charge in [-0.1, -0.05) is 12.1 Å². The van der Waals surface area contributed by atoms with Crippen LogP contribution < -0.4 is 4.74 Å². The molecule has 0 saturated heterocycles. The van der Waals surface area contributed by atoms with Gasteiger partial charge in [-0.2, -0.15) is 18.3 Å². The maximum absolute atomic E-state index is 13.2. The monoisotopic (exact) mass is 443 g/mol. The molecule has 1 aromatic heterocycles. The van der Waals surface area contributed by atoms with Crippen molar-refractivity contribution in [3.63, 3.8) is 0 Å². The second-order valence-corrected chi connectivity index (χ2v) is 7.22. The summed E-state index contributed by atoms with van der Waals surface area (Å²) in [5.41, 5.74) is 4.01. The van der Waals surface area contributed by atoms with Crippen LogP contribution in [0.2, 0.25) is 0 Å². The van der Waals surface area contributed by atoms with E-state index < -0.39 is 24.2 Å². The number of carboxylic acids is 1. The first kappa shape index (κ1) is 22.6. The number of halogens is 4. The van der Waals surface area contributed by atoms with Crippen LogP contribution in [0.3, 0.4) is 0 Å². The number of fused-ring (bicyclic) bond motifs is 1. The topological polar surface area (TPSA) is 95.5 Å². The van der Waals surface area contributed by atoms with E-state index in [1.54, 1.807) is 12.0 Å². The molecule has 1 fully saturated rings. The molecule has 1 aliphatic heterocycles. The van der Waals surface area contributed by atoms with Gasteiger partial charge in [-0.15, -0.1) is 0 Å². The minimum Gasteiger partial charge on any atom is -0.496 e. The molecular weight excluding hydrogens is 422 g/mol.